The minimum absolute atomic E-state index is 0.0510. The Morgan fingerprint density at radius 2 is 1.71 bits per heavy atom. The fourth-order valence-electron chi connectivity index (χ4n) is 3.75. The highest BCUT2D eigenvalue weighted by Crippen LogP contribution is 2.29. The first-order chi connectivity index (χ1) is 14.9. The van der Waals surface area contributed by atoms with Crippen LogP contribution in [-0.2, 0) is 14.8 Å². The second-order valence-corrected chi connectivity index (χ2v) is 9.70. The first-order valence-electron chi connectivity index (χ1n) is 10.7. The van der Waals surface area contributed by atoms with Crippen LogP contribution in [0.25, 0.3) is 0 Å². The molecule has 0 saturated carbocycles. The molecule has 1 saturated heterocycles. The Balaban J connectivity index is 1.64. The van der Waals surface area contributed by atoms with Crippen LogP contribution in [0.5, 0.6) is 5.75 Å². The zero-order chi connectivity index (χ0) is 22.4. The van der Waals surface area contributed by atoms with Crippen molar-refractivity contribution in [2.24, 2.45) is 5.92 Å². The average Bonchev–Trinajstić information content (AvgIpc) is 2.79. The summed E-state index contributed by atoms with van der Waals surface area (Å²) < 4.78 is 33.1. The van der Waals surface area contributed by atoms with Crippen LogP contribution in [0, 0.1) is 5.92 Å². The molecule has 1 heterocycles. The van der Waals surface area contributed by atoms with Crippen molar-refractivity contribution < 1.29 is 17.9 Å². The lowest BCUT2D eigenvalue weighted by Gasteiger charge is -2.35. The van der Waals surface area contributed by atoms with Crippen molar-refractivity contribution in [3.05, 3.63) is 48.5 Å². The first-order valence-corrected chi connectivity index (χ1v) is 12.1. The van der Waals surface area contributed by atoms with Crippen LogP contribution in [0.2, 0.25) is 0 Å². The molecule has 2 aromatic rings. The smallest absolute Gasteiger partial charge is 0.243 e. The van der Waals surface area contributed by atoms with Gasteiger partial charge < -0.3 is 15.0 Å². The topological polar surface area (TPSA) is 79.0 Å². The highest BCUT2D eigenvalue weighted by atomic mass is 32.2. The summed E-state index contributed by atoms with van der Waals surface area (Å²) in [7, 11) is -1.96. The number of nitrogens with zero attached hydrogens (tertiary/aromatic N) is 2. The molecule has 0 bridgehead atoms. The van der Waals surface area contributed by atoms with Gasteiger partial charge in [0.1, 0.15) is 5.75 Å². The van der Waals surface area contributed by atoms with Crippen molar-refractivity contribution in [3.8, 4) is 5.75 Å². The van der Waals surface area contributed by atoms with E-state index in [1.807, 2.05) is 38.1 Å². The third-order valence-corrected chi connectivity index (χ3v) is 7.51. The van der Waals surface area contributed by atoms with Gasteiger partial charge in [0.2, 0.25) is 15.9 Å². The molecule has 7 nitrogen and oxygen atoms in total. The molecule has 0 spiro atoms. The molecule has 1 aliphatic rings. The normalized spacial score (nSPS) is 16.0. The summed E-state index contributed by atoms with van der Waals surface area (Å²) in [5.41, 5.74) is 1.58. The minimum atomic E-state index is -3.59. The quantitative estimate of drug-likeness (QED) is 0.672. The Hall–Kier alpha value is -2.58. The van der Waals surface area contributed by atoms with Crippen molar-refractivity contribution in [2.75, 3.05) is 43.5 Å². The lowest BCUT2D eigenvalue weighted by Crippen LogP contribution is -2.48. The summed E-state index contributed by atoms with van der Waals surface area (Å²) in [5, 5.41) is 2.85. The molecule has 1 N–H and O–H groups in total. The maximum atomic E-state index is 13.1. The van der Waals surface area contributed by atoms with Gasteiger partial charge in [-0.3, -0.25) is 4.79 Å². The van der Waals surface area contributed by atoms with Crippen LogP contribution in [0.4, 0.5) is 11.4 Å². The lowest BCUT2D eigenvalue weighted by molar-refractivity contribution is -0.119. The van der Waals surface area contributed by atoms with Gasteiger partial charge in [-0.1, -0.05) is 32.4 Å². The molecule has 0 aromatic heterocycles. The molecule has 8 heteroatoms. The van der Waals surface area contributed by atoms with E-state index in [1.165, 1.54) is 4.31 Å². The maximum absolute atomic E-state index is 13.1. The van der Waals surface area contributed by atoms with Crippen molar-refractivity contribution >= 4 is 27.3 Å². The Morgan fingerprint density at radius 1 is 1.06 bits per heavy atom. The van der Waals surface area contributed by atoms with E-state index in [9.17, 15) is 13.2 Å². The number of piperazine rings is 1. The predicted octanol–water partition coefficient (Wildman–Crippen LogP) is 3.58. The number of rotatable bonds is 8. The molecule has 1 unspecified atom stereocenters. The summed E-state index contributed by atoms with van der Waals surface area (Å²) in [6.45, 7) is 5.90. The SMILES string of the molecule is CCCC(C)C(=O)Nc1ccc(S(=O)(=O)N2CCN(c3ccccc3OC)CC2)cc1. The molecule has 2 aromatic carbocycles. The van der Waals surface area contributed by atoms with Gasteiger partial charge in [-0.2, -0.15) is 4.31 Å². The Morgan fingerprint density at radius 3 is 2.32 bits per heavy atom. The monoisotopic (exact) mass is 445 g/mol. The molecular formula is C23H31N3O4S. The van der Waals surface area contributed by atoms with Gasteiger partial charge >= 0.3 is 0 Å². The van der Waals surface area contributed by atoms with E-state index in [1.54, 1.807) is 31.4 Å². The zero-order valence-corrected chi connectivity index (χ0v) is 19.2. The van der Waals surface area contributed by atoms with Gasteiger partial charge in [0.25, 0.3) is 0 Å². The molecule has 0 radical (unpaired) electrons. The summed E-state index contributed by atoms with van der Waals surface area (Å²) in [6, 6.07) is 14.2. The number of hydrogen-bond acceptors (Lipinski definition) is 5. The maximum Gasteiger partial charge on any atom is 0.243 e. The second kappa shape index (κ2) is 10.2. The van der Waals surface area contributed by atoms with E-state index >= 15 is 0 Å². The molecule has 1 fully saturated rings. The van der Waals surface area contributed by atoms with Gasteiger partial charge in [0.15, 0.2) is 0 Å². The van der Waals surface area contributed by atoms with Gasteiger partial charge in [-0.15, -0.1) is 0 Å². The second-order valence-electron chi connectivity index (χ2n) is 7.77. The standard InChI is InChI=1S/C23H31N3O4S/c1-4-7-18(2)23(27)24-19-10-12-20(13-11-19)31(28,29)26-16-14-25(15-17-26)21-8-5-6-9-22(21)30-3/h5-6,8-13,18H,4,7,14-17H2,1-3H3,(H,24,27). The number of para-hydroxylation sites is 2. The van der Waals surface area contributed by atoms with Gasteiger partial charge in [-0.25, -0.2) is 8.42 Å². The van der Waals surface area contributed by atoms with E-state index in [0.29, 0.717) is 31.9 Å². The molecule has 31 heavy (non-hydrogen) atoms. The zero-order valence-electron chi connectivity index (χ0n) is 18.4. The van der Waals surface area contributed by atoms with E-state index < -0.39 is 10.0 Å². The Labute approximate surface area is 185 Å². The third-order valence-electron chi connectivity index (χ3n) is 5.59. The van der Waals surface area contributed by atoms with E-state index in [2.05, 4.69) is 10.2 Å². The highest BCUT2D eigenvalue weighted by molar-refractivity contribution is 7.89. The number of nitrogens with one attached hydrogen (secondary N) is 1. The number of hydrogen-bond donors (Lipinski definition) is 1. The largest absolute Gasteiger partial charge is 0.495 e. The predicted molar refractivity (Wildman–Crippen MR) is 123 cm³/mol. The molecule has 0 aliphatic carbocycles. The van der Waals surface area contributed by atoms with Crippen molar-refractivity contribution in [1.29, 1.82) is 0 Å². The number of benzene rings is 2. The van der Waals surface area contributed by atoms with Crippen molar-refractivity contribution in [2.45, 2.75) is 31.6 Å². The number of carbonyl (C=O) groups excluding carboxylic acids is 1. The number of ether oxygens (including phenoxy) is 1. The fraction of sp³-hybridized carbons (Fsp3) is 0.435. The lowest BCUT2D eigenvalue weighted by atomic mass is 10.1. The minimum Gasteiger partial charge on any atom is -0.495 e. The van der Waals surface area contributed by atoms with E-state index in [4.69, 9.17) is 4.74 Å². The Bertz CT molecular complexity index is 984. The third kappa shape index (κ3) is 5.37. The van der Waals surface area contributed by atoms with Crippen LogP contribution < -0.4 is 15.0 Å². The van der Waals surface area contributed by atoms with Crippen LogP contribution in [0.1, 0.15) is 26.7 Å². The van der Waals surface area contributed by atoms with Gasteiger partial charge in [0, 0.05) is 37.8 Å². The first kappa shape index (κ1) is 23.1. The summed E-state index contributed by atoms with van der Waals surface area (Å²) in [6.07, 6.45) is 1.76. The van der Waals surface area contributed by atoms with E-state index in [0.717, 1.165) is 24.3 Å². The number of anilines is 2. The van der Waals surface area contributed by atoms with Crippen LogP contribution in [0.3, 0.4) is 0 Å². The van der Waals surface area contributed by atoms with Gasteiger partial charge in [-0.05, 0) is 42.8 Å². The van der Waals surface area contributed by atoms with Crippen molar-refractivity contribution in [3.63, 3.8) is 0 Å². The van der Waals surface area contributed by atoms with Crippen molar-refractivity contribution in [1.82, 2.24) is 4.31 Å². The van der Waals surface area contributed by atoms with Crippen LogP contribution >= 0.6 is 0 Å². The molecule has 1 amide bonds. The average molecular weight is 446 g/mol. The molecular weight excluding hydrogens is 414 g/mol. The van der Waals surface area contributed by atoms with Gasteiger partial charge in [0.05, 0.1) is 17.7 Å². The molecule has 3 rings (SSSR count). The van der Waals surface area contributed by atoms with Crippen LogP contribution in [-0.4, -0.2) is 51.9 Å². The van der Waals surface area contributed by atoms with Crippen LogP contribution in [0.15, 0.2) is 53.4 Å². The summed E-state index contributed by atoms with van der Waals surface area (Å²) in [4.78, 5) is 14.5. The molecule has 1 atom stereocenters. The highest BCUT2D eigenvalue weighted by Gasteiger charge is 2.29. The fourth-order valence-corrected chi connectivity index (χ4v) is 5.17. The number of sulfonamides is 1. The summed E-state index contributed by atoms with van der Waals surface area (Å²) in [5.74, 6) is 0.655. The molecule has 1 aliphatic heterocycles. The number of carbonyl (C=O) groups is 1. The number of amides is 1. The number of methoxy groups -OCH3 is 1. The molecule has 168 valence electrons. The van der Waals surface area contributed by atoms with E-state index in [-0.39, 0.29) is 16.7 Å². The summed E-state index contributed by atoms with van der Waals surface area (Å²) >= 11 is 0. The Kier molecular flexibility index (Phi) is 7.56.